The summed E-state index contributed by atoms with van der Waals surface area (Å²) in [5, 5.41) is 3.60. The molecule has 0 aromatic heterocycles. The molecule has 1 N–H and O–H groups in total. The molecule has 138 valence electrons. The van der Waals surface area contributed by atoms with Crippen LogP contribution in [0.1, 0.15) is 17.5 Å². The standard InChI is InChI=1S/C24H26N2S/c1-19-11-13-20(14-12-19)15-17-25-16-6-18-26-21-7-2-4-9-23(21)27-24-10-5-3-8-22(24)26/h2-5,7-14,25H,6,15-18H2,1H3. The van der Waals surface area contributed by atoms with E-state index in [2.05, 4.69) is 89.9 Å². The number of benzene rings is 3. The molecule has 0 radical (unpaired) electrons. The number of hydrogen-bond donors (Lipinski definition) is 1. The minimum atomic E-state index is 1.03. The lowest BCUT2D eigenvalue weighted by molar-refractivity contribution is 0.647. The number of aryl methyl sites for hydroxylation is 1. The second kappa shape index (κ2) is 8.64. The van der Waals surface area contributed by atoms with Gasteiger partial charge in [0, 0.05) is 16.3 Å². The van der Waals surface area contributed by atoms with Crippen molar-refractivity contribution in [2.24, 2.45) is 0 Å². The predicted octanol–water partition coefficient (Wildman–Crippen LogP) is 5.82. The number of nitrogens with one attached hydrogen (secondary N) is 1. The van der Waals surface area contributed by atoms with Gasteiger partial charge in [0.15, 0.2) is 0 Å². The van der Waals surface area contributed by atoms with Crippen molar-refractivity contribution in [2.75, 3.05) is 24.5 Å². The van der Waals surface area contributed by atoms with Crippen LogP contribution in [0.15, 0.2) is 82.6 Å². The molecule has 3 aromatic rings. The van der Waals surface area contributed by atoms with Crippen LogP contribution in [0.3, 0.4) is 0 Å². The lowest BCUT2D eigenvalue weighted by Crippen LogP contribution is -2.26. The molecule has 1 heterocycles. The van der Waals surface area contributed by atoms with Crippen molar-refractivity contribution in [3.63, 3.8) is 0 Å². The monoisotopic (exact) mass is 374 g/mol. The Hall–Kier alpha value is -2.23. The summed E-state index contributed by atoms with van der Waals surface area (Å²) in [6.07, 6.45) is 2.22. The summed E-state index contributed by atoms with van der Waals surface area (Å²) in [7, 11) is 0. The molecule has 0 unspecified atom stereocenters. The smallest absolute Gasteiger partial charge is 0.0552 e. The molecule has 4 rings (SSSR count). The second-order valence-corrected chi connectivity index (χ2v) is 8.11. The minimum absolute atomic E-state index is 1.03. The van der Waals surface area contributed by atoms with E-state index in [0.29, 0.717) is 0 Å². The van der Waals surface area contributed by atoms with E-state index in [4.69, 9.17) is 0 Å². The van der Waals surface area contributed by atoms with Gasteiger partial charge in [-0.1, -0.05) is 65.9 Å². The molecule has 2 nitrogen and oxygen atoms in total. The number of rotatable bonds is 7. The zero-order valence-electron chi connectivity index (χ0n) is 15.8. The number of nitrogens with zero attached hydrogens (tertiary/aromatic N) is 1. The Morgan fingerprint density at radius 2 is 1.41 bits per heavy atom. The molecule has 0 fully saturated rings. The van der Waals surface area contributed by atoms with E-state index in [1.165, 1.54) is 32.3 Å². The van der Waals surface area contributed by atoms with E-state index in [9.17, 15) is 0 Å². The maximum atomic E-state index is 3.60. The SMILES string of the molecule is Cc1ccc(CCNCCCN2c3ccccc3Sc3ccccc32)cc1. The molecular formula is C24H26N2S. The Balaban J connectivity index is 1.31. The fourth-order valence-corrected chi connectivity index (χ4v) is 4.59. The zero-order chi connectivity index (χ0) is 18.5. The van der Waals surface area contributed by atoms with Crippen LogP contribution in [0.2, 0.25) is 0 Å². The van der Waals surface area contributed by atoms with E-state index in [1.54, 1.807) is 0 Å². The van der Waals surface area contributed by atoms with Crippen LogP contribution in [-0.2, 0) is 6.42 Å². The van der Waals surface area contributed by atoms with Crippen molar-refractivity contribution in [3.05, 3.63) is 83.9 Å². The van der Waals surface area contributed by atoms with E-state index in [0.717, 1.165) is 32.5 Å². The first-order valence-electron chi connectivity index (χ1n) is 9.71. The molecule has 0 saturated heterocycles. The third kappa shape index (κ3) is 4.37. The van der Waals surface area contributed by atoms with Gasteiger partial charge in [0.25, 0.3) is 0 Å². The topological polar surface area (TPSA) is 15.3 Å². The third-order valence-electron chi connectivity index (χ3n) is 4.98. The molecule has 0 spiro atoms. The first kappa shape index (κ1) is 18.1. The Bertz CT molecular complexity index is 843. The van der Waals surface area contributed by atoms with Gasteiger partial charge in [0.2, 0.25) is 0 Å². The summed E-state index contributed by atoms with van der Waals surface area (Å²) in [5.74, 6) is 0. The first-order valence-corrected chi connectivity index (χ1v) is 10.5. The fraction of sp³-hybridized carbons (Fsp3) is 0.250. The maximum Gasteiger partial charge on any atom is 0.0552 e. The van der Waals surface area contributed by atoms with Crippen LogP contribution in [-0.4, -0.2) is 19.6 Å². The maximum absolute atomic E-state index is 3.60. The first-order chi connectivity index (χ1) is 13.3. The van der Waals surface area contributed by atoms with E-state index in [-0.39, 0.29) is 0 Å². The molecule has 0 atom stereocenters. The molecule has 1 aliphatic heterocycles. The highest BCUT2D eigenvalue weighted by molar-refractivity contribution is 7.99. The van der Waals surface area contributed by atoms with Gasteiger partial charge in [0.1, 0.15) is 0 Å². The third-order valence-corrected chi connectivity index (χ3v) is 6.11. The molecular weight excluding hydrogens is 348 g/mol. The van der Waals surface area contributed by atoms with Crippen molar-refractivity contribution in [3.8, 4) is 0 Å². The lowest BCUT2D eigenvalue weighted by Gasteiger charge is -2.32. The second-order valence-electron chi connectivity index (χ2n) is 7.03. The van der Waals surface area contributed by atoms with Gasteiger partial charge in [-0.05, 0) is 62.7 Å². The fourth-order valence-electron chi connectivity index (χ4n) is 3.50. The predicted molar refractivity (Wildman–Crippen MR) is 116 cm³/mol. The highest BCUT2D eigenvalue weighted by Gasteiger charge is 2.21. The lowest BCUT2D eigenvalue weighted by atomic mass is 10.1. The Morgan fingerprint density at radius 1 is 0.778 bits per heavy atom. The summed E-state index contributed by atoms with van der Waals surface area (Å²) in [6.45, 7) is 5.25. The van der Waals surface area contributed by atoms with Gasteiger partial charge in [-0.15, -0.1) is 0 Å². The quantitative estimate of drug-likeness (QED) is 0.525. The van der Waals surface area contributed by atoms with Crippen molar-refractivity contribution < 1.29 is 0 Å². The van der Waals surface area contributed by atoms with Gasteiger partial charge < -0.3 is 10.2 Å². The largest absolute Gasteiger partial charge is 0.340 e. The number of hydrogen-bond acceptors (Lipinski definition) is 3. The number of para-hydroxylation sites is 2. The van der Waals surface area contributed by atoms with Gasteiger partial charge in [-0.2, -0.15) is 0 Å². The van der Waals surface area contributed by atoms with Crippen molar-refractivity contribution in [1.29, 1.82) is 0 Å². The summed E-state index contributed by atoms with van der Waals surface area (Å²) in [6, 6.07) is 26.3. The van der Waals surface area contributed by atoms with E-state index < -0.39 is 0 Å². The molecule has 3 heteroatoms. The van der Waals surface area contributed by atoms with Crippen LogP contribution < -0.4 is 10.2 Å². The number of anilines is 2. The highest BCUT2D eigenvalue weighted by atomic mass is 32.2. The molecule has 0 saturated carbocycles. The summed E-state index contributed by atoms with van der Waals surface area (Å²) >= 11 is 1.87. The average molecular weight is 375 g/mol. The van der Waals surface area contributed by atoms with Crippen molar-refractivity contribution in [1.82, 2.24) is 5.32 Å². The zero-order valence-corrected chi connectivity index (χ0v) is 16.6. The van der Waals surface area contributed by atoms with Crippen LogP contribution in [0.25, 0.3) is 0 Å². The van der Waals surface area contributed by atoms with Gasteiger partial charge in [-0.3, -0.25) is 0 Å². The summed E-state index contributed by atoms with van der Waals surface area (Å²) in [5.41, 5.74) is 5.40. The van der Waals surface area contributed by atoms with Crippen LogP contribution in [0.4, 0.5) is 11.4 Å². The molecule has 0 aliphatic carbocycles. The normalized spacial score (nSPS) is 12.6. The van der Waals surface area contributed by atoms with Gasteiger partial charge in [0.05, 0.1) is 11.4 Å². The van der Waals surface area contributed by atoms with Crippen LogP contribution in [0.5, 0.6) is 0 Å². The summed E-state index contributed by atoms with van der Waals surface area (Å²) < 4.78 is 0. The molecule has 1 aliphatic rings. The van der Waals surface area contributed by atoms with Gasteiger partial charge in [-0.25, -0.2) is 0 Å². The molecule has 27 heavy (non-hydrogen) atoms. The molecule has 0 amide bonds. The summed E-state index contributed by atoms with van der Waals surface area (Å²) in [4.78, 5) is 5.18. The Labute approximate surface area is 166 Å². The average Bonchev–Trinajstić information content (AvgIpc) is 2.71. The highest BCUT2D eigenvalue weighted by Crippen LogP contribution is 2.47. The minimum Gasteiger partial charge on any atom is -0.340 e. The van der Waals surface area contributed by atoms with Gasteiger partial charge >= 0.3 is 0 Å². The van der Waals surface area contributed by atoms with Crippen molar-refractivity contribution >= 4 is 23.1 Å². The number of fused-ring (bicyclic) bond motifs is 2. The van der Waals surface area contributed by atoms with Crippen LogP contribution in [0, 0.1) is 6.92 Å². The van der Waals surface area contributed by atoms with E-state index in [1.807, 2.05) is 11.8 Å². The van der Waals surface area contributed by atoms with Crippen LogP contribution >= 0.6 is 11.8 Å². The van der Waals surface area contributed by atoms with Crippen molar-refractivity contribution in [2.45, 2.75) is 29.6 Å². The Morgan fingerprint density at radius 3 is 2.07 bits per heavy atom. The van der Waals surface area contributed by atoms with E-state index >= 15 is 0 Å². The Kier molecular flexibility index (Phi) is 5.81. The molecule has 3 aromatic carbocycles. The molecule has 0 bridgehead atoms.